The molecular weight excluding hydrogens is 312 g/mol. The molecule has 0 aliphatic carbocycles. The van der Waals surface area contributed by atoms with Gasteiger partial charge >= 0.3 is 5.97 Å². The van der Waals surface area contributed by atoms with Crippen LogP contribution in [-0.2, 0) is 6.42 Å². The number of benzene rings is 4. The lowest BCUT2D eigenvalue weighted by atomic mass is 9.92. The largest absolute Gasteiger partial charge is 0.507 e. The van der Waals surface area contributed by atoms with E-state index in [0.29, 0.717) is 12.0 Å². The van der Waals surface area contributed by atoms with Crippen LogP contribution in [-0.4, -0.2) is 16.2 Å². The maximum Gasteiger partial charge on any atom is 0.339 e. The summed E-state index contributed by atoms with van der Waals surface area (Å²) >= 11 is 0. The standard InChI is InChI=1S/C22H16O3/c23-21-19(12-15-9-5-8-14-6-1-3-10-17(14)15)18-11-4-2-7-16(18)13-20(21)22(24)25/h1-11,13,23H,12H2,(H,24,25). The third kappa shape index (κ3) is 2.60. The number of carboxylic acid groups (broad SMARTS) is 1. The van der Waals surface area contributed by atoms with E-state index in [1.807, 2.05) is 66.7 Å². The maximum atomic E-state index is 11.5. The topological polar surface area (TPSA) is 57.5 Å². The molecule has 0 aromatic heterocycles. The van der Waals surface area contributed by atoms with E-state index in [0.717, 1.165) is 27.1 Å². The van der Waals surface area contributed by atoms with Crippen LogP contribution in [0.15, 0.2) is 72.8 Å². The Labute approximate surface area is 144 Å². The normalized spacial score (nSPS) is 11.0. The maximum absolute atomic E-state index is 11.5. The molecule has 0 atom stereocenters. The molecule has 3 heteroatoms. The highest BCUT2D eigenvalue weighted by atomic mass is 16.4. The van der Waals surface area contributed by atoms with Crippen LogP contribution < -0.4 is 0 Å². The fraction of sp³-hybridized carbons (Fsp3) is 0.0455. The quantitative estimate of drug-likeness (QED) is 0.557. The first-order chi connectivity index (χ1) is 12.1. The molecule has 0 radical (unpaired) electrons. The van der Waals surface area contributed by atoms with Gasteiger partial charge in [-0.3, -0.25) is 0 Å². The van der Waals surface area contributed by atoms with Gasteiger partial charge in [0.15, 0.2) is 0 Å². The van der Waals surface area contributed by atoms with Crippen molar-refractivity contribution in [2.45, 2.75) is 6.42 Å². The van der Waals surface area contributed by atoms with Gasteiger partial charge in [0.25, 0.3) is 0 Å². The van der Waals surface area contributed by atoms with Gasteiger partial charge < -0.3 is 10.2 Å². The van der Waals surface area contributed by atoms with E-state index in [2.05, 4.69) is 0 Å². The van der Waals surface area contributed by atoms with Crippen LogP contribution in [0.25, 0.3) is 21.5 Å². The summed E-state index contributed by atoms with van der Waals surface area (Å²) in [5.41, 5.74) is 1.64. The average Bonchev–Trinajstić information content (AvgIpc) is 2.63. The zero-order valence-corrected chi connectivity index (χ0v) is 13.4. The monoisotopic (exact) mass is 328 g/mol. The zero-order chi connectivity index (χ0) is 17.4. The van der Waals surface area contributed by atoms with Gasteiger partial charge in [0.1, 0.15) is 11.3 Å². The Morgan fingerprint density at radius 2 is 1.44 bits per heavy atom. The second kappa shape index (κ2) is 5.95. The van der Waals surface area contributed by atoms with Crippen molar-refractivity contribution in [2.75, 3.05) is 0 Å². The van der Waals surface area contributed by atoms with Crippen LogP contribution in [0.2, 0.25) is 0 Å². The van der Waals surface area contributed by atoms with E-state index in [4.69, 9.17) is 0 Å². The molecule has 0 unspecified atom stereocenters. The molecule has 0 aliphatic heterocycles. The molecule has 25 heavy (non-hydrogen) atoms. The minimum absolute atomic E-state index is 0.0612. The van der Waals surface area contributed by atoms with Gasteiger partial charge in [-0.15, -0.1) is 0 Å². The van der Waals surface area contributed by atoms with Crippen LogP contribution in [0.5, 0.6) is 5.75 Å². The highest BCUT2D eigenvalue weighted by Gasteiger charge is 2.18. The number of rotatable bonds is 3. The molecule has 0 saturated heterocycles. The zero-order valence-electron chi connectivity index (χ0n) is 13.4. The van der Waals surface area contributed by atoms with Crippen LogP contribution in [0.4, 0.5) is 0 Å². The summed E-state index contributed by atoms with van der Waals surface area (Å²) in [7, 11) is 0. The van der Waals surface area contributed by atoms with Gasteiger partial charge in [0, 0.05) is 12.0 Å². The predicted octanol–water partition coefficient (Wildman–Crippen LogP) is 4.99. The molecule has 0 spiro atoms. The number of carboxylic acids is 1. The van der Waals surface area contributed by atoms with Crippen molar-refractivity contribution >= 4 is 27.5 Å². The van der Waals surface area contributed by atoms with Crippen LogP contribution in [0.1, 0.15) is 21.5 Å². The second-order valence-corrected chi connectivity index (χ2v) is 6.09. The first-order valence-corrected chi connectivity index (χ1v) is 8.08. The lowest BCUT2D eigenvalue weighted by Crippen LogP contribution is -2.01. The number of fused-ring (bicyclic) bond motifs is 2. The first-order valence-electron chi connectivity index (χ1n) is 8.08. The predicted molar refractivity (Wildman–Crippen MR) is 99.3 cm³/mol. The average molecular weight is 328 g/mol. The van der Waals surface area contributed by atoms with E-state index in [9.17, 15) is 15.0 Å². The summed E-state index contributed by atoms with van der Waals surface area (Å²) in [5.74, 6) is -1.28. The Bertz CT molecular complexity index is 1110. The molecule has 4 aromatic carbocycles. The molecule has 0 bridgehead atoms. The van der Waals surface area contributed by atoms with Crippen molar-refractivity contribution in [1.82, 2.24) is 0 Å². The van der Waals surface area contributed by atoms with Crippen molar-refractivity contribution in [3.63, 3.8) is 0 Å². The summed E-state index contributed by atoms with van der Waals surface area (Å²) in [4.78, 5) is 11.5. The third-order valence-corrected chi connectivity index (χ3v) is 4.60. The minimum atomic E-state index is -1.12. The molecule has 4 rings (SSSR count). The van der Waals surface area contributed by atoms with E-state index >= 15 is 0 Å². The number of aromatic hydroxyl groups is 1. The Kier molecular flexibility index (Phi) is 3.62. The summed E-state index contributed by atoms with van der Waals surface area (Å²) in [6.45, 7) is 0. The summed E-state index contributed by atoms with van der Waals surface area (Å²) < 4.78 is 0. The molecule has 4 aromatic rings. The van der Waals surface area contributed by atoms with Gasteiger partial charge in [-0.2, -0.15) is 0 Å². The number of aromatic carboxylic acids is 1. The molecule has 0 saturated carbocycles. The number of phenols is 1. The van der Waals surface area contributed by atoms with Crippen molar-refractivity contribution in [1.29, 1.82) is 0 Å². The highest BCUT2D eigenvalue weighted by molar-refractivity contribution is 6.00. The molecule has 2 N–H and O–H groups in total. The number of hydrogen-bond donors (Lipinski definition) is 2. The summed E-state index contributed by atoms with van der Waals surface area (Å²) in [6, 6.07) is 23.2. The van der Waals surface area contributed by atoms with Gasteiger partial charge in [0.05, 0.1) is 0 Å². The van der Waals surface area contributed by atoms with E-state index in [1.165, 1.54) is 6.07 Å². The molecule has 3 nitrogen and oxygen atoms in total. The van der Waals surface area contributed by atoms with Gasteiger partial charge in [0.2, 0.25) is 0 Å². The molecular formula is C22H16O3. The van der Waals surface area contributed by atoms with E-state index in [-0.39, 0.29) is 11.3 Å². The van der Waals surface area contributed by atoms with Crippen LogP contribution in [0, 0.1) is 0 Å². The van der Waals surface area contributed by atoms with Gasteiger partial charge in [-0.05, 0) is 33.2 Å². The summed E-state index contributed by atoms with van der Waals surface area (Å²) in [6.07, 6.45) is 0.467. The SMILES string of the molecule is O=C(O)c1cc2ccccc2c(Cc2cccc3ccccc23)c1O. The lowest BCUT2D eigenvalue weighted by Gasteiger charge is -2.13. The van der Waals surface area contributed by atoms with E-state index < -0.39 is 5.97 Å². The fourth-order valence-corrected chi connectivity index (χ4v) is 3.39. The van der Waals surface area contributed by atoms with Crippen molar-refractivity contribution in [3.8, 4) is 5.75 Å². The Hall–Kier alpha value is -3.33. The highest BCUT2D eigenvalue weighted by Crippen LogP contribution is 2.34. The second-order valence-electron chi connectivity index (χ2n) is 6.09. The Balaban J connectivity index is 1.97. The summed E-state index contributed by atoms with van der Waals surface area (Å²) in [5, 5.41) is 24.0. The Morgan fingerprint density at radius 3 is 2.20 bits per heavy atom. The third-order valence-electron chi connectivity index (χ3n) is 4.60. The minimum Gasteiger partial charge on any atom is -0.507 e. The fourth-order valence-electron chi connectivity index (χ4n) is 3.39. The molecule has 122 valence electrons. The van der Waals surface area contributed by atoms with Crippen LogP contribution in [0.3, 0.4) is 0 Å². The Morgan fingerprint density at radius 1 is 0.800 bits per heavy atom. The molecule has 0 amide bonds. The number of carbonyl (C=O) groups is 1. The lowest BCUT2D eigenvalue weighted by molar-refractivity contribution is 0.0693. The smallest absolute Gasteiger partial charge is 0.339 e. The van der Waals surface area contributed by atoms with E-state index in [1.54, 1.807) is 0 Å². The molecule has 0 fully saturated rings. The van der Waals surface area contributed by atoms with Crippen LogP contribution >= 0.6 is 0 Å². The number of hydrogen-bond acceptors (Lipinski definition) is 2. The molecule has 0 aliphatic rings. The molecule has 0 heterocycles. The van der Waals surface area contributed by atoms with Crippen molar-refractivity contribution in [3.05, 3.63) is 89.5 Å². The van der Waals surface area contributed by atoms with Gasteiger partial charge in [-0.1, -0.05) is 66.7 Å². The van der Waals surface area contributed by atoms with Crippen molar-refractivity contribution < 1.29 is 15.0 Å². The van der Waals surface area contributed by atoms with Gasteiger partial charge in [-0.25, -0.2) is 4.79 Å². The van der Waals surface area contributed by atoms with Crippen molar-refractivity contribution in [2.24, 2.45) is 0 Å². The first kappa shape index (κ1) is 15.2.